The fourth-order valence-corrected chi connectivity index (χ4v) is 4.83. The third-order valence-corrected chi connectivity index (χ3v) is 6.95. The Morgan fingerprint density at radius 2 is 1.53 bits per heavy atom. The van der Waals surface area contributed by atoms with Crippen LogP contribution in [0.15, 0.2) is 59.5 Å². The van der Waals surface area contributed by atoms with Crippen LogP contribution >= 0.6 is 0 Å². The third-order valence-electron chi connectivity index (χ3n) is 5.57. The van der Waals surface area contributed by atoms with E-state index in [4.69, 9.17) is 0 Å². The first-order chi connectivity index (χ1) is 16.1. The highest BCUT2D eigenvalue weighted by atomic mass is 32.2. The van der Waals surface area contributed by atoms with Crippen LogP contribution in [0.3, 0.4) is 0 Å². The van der Waals surface area contributed by atoms with Crippen LogP contribution in [0.25, 0.3) is 11.3 Å². The van der Waals surface area contributed by atoms with E-state index in [0.717, 1.165) is 31.7 Å². The minimum absolute atomic E-state index is 0.165. The standard InChI is InChI=1S/C23H22F4N4O2S/c24-20-15-18(9-10-19(20)23(25,26)27)34(32,33)30-17-7-5-16(6-8-17)21-11-12-22(29-28-21)31-13-3-1-2-4-14-31/h5-12,15,30H,1-4,13-14H2. The molecule has 34 heavy (non-hydrogen) atoms. The second-order valence-corrected chi connectivity index (χ2v) is 9.68. The van der Waals surface area contributed by atoms with Crippen molar-refractivity contribution < 1.29 is 26.0 Å². The van der Waals surface area contributed by atoms with E-state index in [9.17, 15) is 26.0 Å². The smallest absolute Gasteiger partial charge is 0.355 e. The molecule has 11 heteroatoms. The molecular formula is C23H22F4N4O2S. The molecule has 0 spiro atoms. The van der Waals surface area contributed by atoms with Gasteiger partial charge in [0.05, 0.1) is 16.2 Å². The molecule has 0 saturated carbocycles. The highest BCUT2D eigenvalue weighted by Gasteiger charge is 2.34. The summed E-state index contributed by atoms with van der Waals surface area (Å²) in [5, 5.41) is 8.60. The molecule has 0 amide bonds. The molecule has 1 saturated heterocycles. The average molecular weight is 495 g/mol. The van der Waals surface area contributed by atoms with E-state index in [2.05, 4.69) is 19.8 Å². The SMILES string of the molecule is O=S(=O)(Nc1ccc(-c2ccc(N3CCCCCC3)nn2)cc1)c1ccc(C(F)(F)F)c(F)c1. The van der Waals surface area contributed by atoms with Crippen LogP contribution in [-0.2, 0) is 16.2 Å². The van der Waals surface area contributed by atoms with Gasteiger partial charge in [0.1, 0.15) is 5.82 Å². The molecule has 0 aliphatic carbocycles. The van der Waals surface area contributed by atoms with Gasteiger partial charge in [-0.25, -0.2) is 12.8 Å². The molecule has 1 aromatic heterocycles. The summed E-state index contributed by atoms with van der Waals surface area (Å²) in [7, 11) is -4.29. The van der Waals surface area contributed by atoms with E-state index >= 15 is 0 Å². The number of aromatic nitrogens is 2. The molecule has 6 nitrogen and oxygen atoms in total. The van der Waals surface area contributed by atoms with Gasteiger partial charge in [-0.05, 0) is 55.3 Å². The van der Waals surface area contributed by atoms with Gasteiger partial charge in [0, 0.05) is 24.3 Å². The lowest BCUT2D eigenvalue weighted by atomic mass is 10.1. The number of nitrogens with zero attached hydrogens (tertiary/aromatic N) is 3. The van der Waals surface area contributed by atoms with Crippen LogP contribution < -0.4 is 9.62 Å². The molecule has 0 radical (unpaired) electrons. The topological polar surface area (TPSA) is 75.2 Å². The first-order valence-corrected chi connectivity index (χ1v) is 12.2. The van der Waals surface area contributed by atoms with Crippen molar-refractivity contribution in [3.63, 3.8) is 0 Å². The highest BCUT2D eigenvalue weighted by molar-refractivity contribution is 7.92. The Hall–Kier alpha value is -3.21. The molecule has 180 valence electrons. The number of halogens is 4. The molecule has 4 rings (SSSR count). The fourth-order valence-electron chi connectivity index (χ4n) is 3.76. The predicted molar refractivity (Wildman–Crippen MR) is 120 cm³/mol. The van der Waals surface area contributed by atoms with Crippen LogP contribution in [0.4, 0.5) is 29.1 Å². The lowest BCUT2D eigenvalue weighted by molar-refractivity contribution is -0.140. The lowest BCUT2D eigenvalue weighted by Crippen LogP contribution is -2.25. The summed E-state index contributed by atoms with van der Waals surface area (Å²) in [6.45, 7) is 1.90. The van der Waals surface area contributed by atoms with Crippen LogP contribution in [0.2, 0.25) is 0 Å². The summed E-state index contributed by atoms with van der Waals surface area (Å²) in [4.78, 5) is 1.60. The van der Waals surface area contributed by atoms with Gasteiger partial charge in [0.25, 0.3) is 10.0 Å². The zero-order valence-corrected chi connectivity index (χ0v) is 18.8. The molecule has 1 aliphatic heterocycles. The fraction of sp³-hybridized carbons (Fsp3) is 0.304. The van der Waals surface area contributed by atoms with E-state index in [0.29, 0.717) is 29.5 Å². The van der Waals surface area contributed by atoms with E-state index in [1.54, 1.807) is 12.1 Å². The van der Waals surface area contributed by atoms with Crippen LogP contribution in [-0.4, -0.2) is 31.7 Å². The number of rotatable bonds is 5. The number of sulfonamides is 1. The molecule has 0 unspecified atom stereocenters. The molecule has 2 heterocycles. The van der Waals surface area contributed by atoms with E-state index in [1.807, 2.05) is 12.1 Å². The quantitative estimate of drug-likeness (QED) is 0.476. The summed E-state index contributed by atoms with van der Waals surface area (Å²) < 4.78 is 79.2. The summed E-state index contributed by atoms with van der Waals surface area (Å²) in [6.07, 6.45) is -0.235. The molecule has 1 N–H and O–H groups in total. The van der Waals surface area contributed by atoms with Crippen molar-refractivity contribution in [2.75, 3.05) is 22.7 Å². The van der Waals surface area contributed by atoms with Gasteiger partial charge >= 0.3 is 6.18 Å². The first kappa shape index (κ1) is 23.9. The molecule has 1 aliphatic rings. The number of hydrogen-bond acceptors (Lipinski definition) is 5. The number of benzene rings is 2. The van der Waals surface area contributed by atoms with Crippen molar-refractivity contribution in [2.45, 2.75) is 36.8 Å². The van der Waals surface area contributed by atoms with Crippen LogP contribution in [0.5, 0.6) is 0 Å². The van der Waals surface area contributed by atoms with Crippen molar-refractivity contribution in [2.24, 2.45) is 0 Å². The molecule has 1 fully saturated rings. The molecule has 2 aromatic carbocycles. The Bertz CT molecular complexity index is 1240. The van der Waals surface area contributed by atoms with E-state index < -0.39 is 32.5 Å². The zero-order valence-electron chi connectivity index (χ0n) is 18.0. The molecular weight excluding hydrogens is 472 g/mol. The van der Waals surface area contributed by atoms with Gasteiger partial charge in [0.2, 0.25) is 0 Å². The molecule has 3 aromatic rings. The Kier molecular flexibility index (Phi) is 6.74. The highest BCUT2D eigenvalue weighted by Crippen LogP contribution is 2.32. The Labute approximate surface area is 194 Å². The van der Waals surface area contributed by atoms with Gasteiger partial charge in [0.15, 0.2) is 5.82 Å². The average Bonchev–Trinajstić information content (AvgIpc) is 3.08. The minimum Gasteiger partial charge on any atom is -0.355 e. The van der Waals surface area contributed by atoms with Crippen molar-refractivity contribution >= 4 is 21.5 Å². The summed E-state index contributed by atoms with van der Waals surface area (Å²) in [5.74, 6) is -0.841. The van der Waals surface area contributed by atoms with Crippen molar-refractivity contribution in [1.29, 1.82) is 0 Å². The van der Waals surface area contributed by atoms with Crippen LogP contribution in [0.1, 0.15) is 31.2 Å². The van der Waals surface area contributed by atoms with Crippen LogP contribution in [0, 0.1) is 5.82 Å². The predicted octanol–water partition coefficient (Wildman–Crippen LogP) is 5.48. The summed E-state index contributed by atoms with van der Waals surface area (Å²) in [5.41, 5.74) is -0.0480. The number of alkyl halides is 3. The number of nitrogens with one attached hydrogen (secondary N) is 1. The summed E-state index contributed by atoms with van der Waals surface area (Å²) in [6, 6.07) is 11.5. The molecule has 0 bridgehead atoms. The second-order valence-electron chi connectivity index (χ2n) is 8.00. The number of hydrogen-bond donors (Lipinski definition) is 1. The minimum atomic E-state index is -4.91. The maximum Gasteiger partial charge on any atom is 0.419 e. The Morgan fingerprint density at radius 3 is 2.09 bits per heavy atom. The van der Waals surface area contributed by atoms with Crippen molar-refractivity contribution in [3.05, 3.63) is 66.0 Å². The second kappa shape index (κ2) is 9.57. The lowest BCUT2D eigenvalue weighted by Gasteiger charge is -2.20. The van der Waals surface area contributed by atoms with Crippen molar-refractivity contribution in [1.82, 2.24) is 10.2 Å². The van der Waals surface area contributed by atoms with Gasteiger partial charge in [-0.1, -0.05) is 25.0 Å². The van der Waals surface area contributed by atoms with Gasteiger partial charge in [-0.2, -0.15) is 13.2 Å². The third kappa shape index (κ3) is 5.46. The largest absolute Gasteiger partial charge is 0.419 e. The van der Waals surface area contributed by atoms with Gasteiger partial charge < -0.3 is 4.90 Å². The maximum atomic E-state index is 13.8. The Morgan fingerprint density at radius 1 is 0.853 bits per heavy atom. The van der Waals surface area contributed by atoms with Crippen molar-refractivity contribution in [3.8, 4) is 11.3 Å². The normalized spacial score (nSPS) is 15.1. The maximum absolute atomic E-state index is 13.8. The Balaban J connectivity index is 1.47. The number of anilines is 2. The first-order valence-electron chi connectivity index (χ1n) is 10.7. The monoisotopic (exact) mass is 494 g/mol. The van der Waals surface area contributed by atoms with Gasteiger partial charge in [-0.3, -0.25) is 4.72 Å². The van der Waals surface area contributed by atoms with Gasteiger partial charge in [-0.15, -0.1) is 10.2 Å². The summed E-state index contributed by atoms with van der Waals surface area (Å²) >= 11 is 0. The molecule has 0 atom stereocenters. The van der Waals surface area contributed by atoms with E-state index in [-0.39, 0.29) is 5.69 Å². The van der Waals surface area contributed by atoms with E-state index in [1.165, 1.54) is 25.0 Å². The zero-order chi connectivity index (χ0) is 24.3.